The Balaban J connectivity index is 1.86. The maximum atomic E-state index is 12.9. The number of piperazine rings is 1. The van der Waals surface area contributed by atoms with Crippen LogP contribution in [0.15, 0.2) is 30.5 Å². The van der Waals surface area contributed by atoms with E-state index in [-0.39, 0.29) is 11.8 Å². The topological polar surface area (TPSA) is 45.6 Å². The number of hydrogen-bond donors (Lipinski definition) is 0. The van der Waals surface area contributed by atoms with Gasteiger partial charge in [-0.2, -0.15) is 0 Å². The smallest absolute Gasteiger partial charge is 0.254 e. The summed E-state index contributed by atoms with van der Waals surface area (Å²) in [6.07, 6.45) is 2.04. The van der Waals surface area contributed by atoms with E-state index in [9.17, 15) is 9.59 Å². The van der Waals surface area contributed by atoms with Gasteiger partial charge in [0.05, 0.1) is 0 Å². The number of aromatic nitrogens is 1. The molecular weight excluding hydrogens is 290 g/mol. The molecule has 3 rings (SSSR count). The second kappa shape index (κ2) is 6.07. The lowest BCUT2D eigenvalue weighted by Gasteiger charge is -2.34. The van der Waals surface area contributed by atoms with Crippen molar-refractivity contribution in [2.45, 2.75) is 26.8 Å². The third-order valence-electron chi connectivity index (χ3n) is 4.56. The van der Waals surface area contributed by atoms with Gasteiger partial charge in [-0.1, -0.05) is 6.07 Å². The van der Waals surface area contributed by atoms with Crippen molar-refractivity contribution in [2.24, 2.45) is 0 Å². The molecule has 2 amide bonds. The van der Waals surface area contributed by atoms with Gasteiger partial charge in [-0.15, -0.1) is 0 Å². The Bertz CT molecular complexity index is 740. The van der Waals surface area contributed by atoms with Gasteiger partial charge in [0.15, 0.2) is 0 Å². The van der Waals surface area contributed by atoms with Crippen LogP contribution in [0.1, 0.15) is 37.2 Å². The maximum Gasteiger partial charge on any atom is 0.254 e. The van der Waals surface area contributed by atoms with E-state index >= 15 is 0 Å². The molecule has 0 radical (unpaired) electrons. The predicted molar refractivity (Wildman–Crippen MR) is 90.5 cm³/mol. The minimum absolute atomic E-state index is 0.0558. The second-order valence-corrected chi connectivity index (χ2v) is 6.35. The molecule has 0 bridgehead atoms. The summed E-state index contributed by atoms with van der Waals surface area (Å²) in [5.74, 6) is 0.133. The molecule has 1 aliphatic heterocycles. The summed E-state index contributed by atoms with van der Waals surface area (Å²) < 4.78 is 2.18. The molecule has 2 heterocycles. The van der Waals surface area contributed by atoms with Gasteiger partial charge >= 0.3 is 0 Å². The maximum absolute atomic E-state index is 12.9. The van der Waals surface area contributed by atoms with Gasteiger partial charge in [0.1, 0.15) is 0 Å². The van der Waals surface area contributed by atoms with Gasteiger partial charge in [0.2, 0.25) is 5.91 Å². The van der Waals surface area contributed by atoms with E-state index in [0.29, 0.717) is 32.2 Å². The van der Waals surface area contributed by atoms with Crippen LogP contribution in [-0.4, -0.2) is 52.4 Å². The van der Waals surface area contributed by atoms with Gasteiger partial charge < -0.3 is 14.4 Å². The Labute approximate surface area is 136 Å². The summed E-state index contributed by atoms with van der Waals surface area (Å²) in [6.45, 7) is 8.27. The van der Waals surface area contributed by atoms with Crippen molar-refractivity contribution in [3.05, 3.63) is 36.0 Å². The lowest BCUT2D eigenvalue weighted by atomic mass is 10.1. The Hall–Kier alpha value is -2.30. The lowest BCUT2D eigenvalue weighted by Crippen LogP contribution is -2.50. The van der Waals surface area contributed by atoms with Crippen LogP contribution in [0.25, 0.3) is 10.9 Å². The first-order valence-electron chi connectivity index (χ1n) is 8.13. The van der Waals surface area contributed by atoms with Crippen molar-refractivity contribution >= 4 is 22.7 Å². The van der Waals surface area contributed by atoms with E-state index in [4.69, 9.17) is 0 Å². The molecule has 0 aliphatic carbocycles. The van der Waals surface area contributed by atoms with Crippen molar-refractivity contribution in [3.63, 3.8) is 0 Å². The van der Waals surface area contributed by atoms with Crippen LogP contribution in [0, 0.1) is 0 Å². The third-order valence-corrected chi connectivity index (χ3v) is 4.56. The Morgan fingerprint density at radius 3 is 2.26 bits per heavy atom. The normalized spacial score (nSPS) is 15.5. The van der Waals surface area contributed by atoms with Crippen molar-refractivity contribution in [1.29, 1.82) is 0 Å². The quantitative estimate of drug-likeness (QED) is 0.855. The Morgan fingerprint density at radius 1 is 1.00 bits per heavy atom. The molecule has 0 spiro atoms. The van der Waals surface area contributed by atoms with Crippen LogP contribution in [0.2, 0.25) is 0 Å². The van der Waals surface area contributed by atoms with Crippen LogP contribution in [0.3, 0.4) is 0 Å². The standard InChI is InChI=1S/C18H23N3O2/c1-13(2)21-8-7-15-16(5-4-6-17(15)21)18(23)20-11-9-19(10-12-20)14(3)22/h4-8,13H,9-12H2,1-3H3. The molecule has 1 aromatic heterocycles. The number of benzene rings is 1. The van der Waals surface area contributed by atoms with Gasteiger partial charge in [0.25, 0.3) is 5.91 Å². The highest BCUT2D eigenvalue weighted by Crippen LogP contribution is 2.24. The zero-order valence-electron chi connectivity index (χ0n) is 14.0. The van der Waals surface area contributed by atoms with E-state index in [2.05, 4.69) is 24.5 Å². The molecule has 0 N–H and O–H groups in total. The molecule has 2 aromatic rings. The number of nitrogens with zero attached hydrogens (tertiary/aromatic N) is 3. The highest BCUT2D eigenvalue weighted by Gasteiger charge is 2.24. The van der Waals surface area contributed by atoms with Gasteiger partial charge in [-0.05, 0) is 32.0 Å². The lowest BCUT2D eigenvalue weighted by molar-refractivity contribution is -0.130. The largest absolute Gasteiger partial charge is 0.345 e. The summed E-state index contributed by atoms with van der Waals surface area (Å²) in [4.78, 5) is 27.9. The summed E-state index contributed by atoms with van der Waals surface area (Å²) in [6, 6.07) is 8.28. The van der Waals surface area contributed by atoms with E-state index in [1.54, 1.807) is 11.8 Å². The van der Waals surface area contributed by atoms with Crippen molar-refractivity contribution < 1.29 is 9.59 Å². The molecule has 1 aliphatic rings. The Kier molecular flexibility index (Phi) is 4.11. The minimum atomic E-state index is 0.0558. The minimum Gasteiger partial charge on any atom is -0.345 e. The molecule has 1 fully saturated rings. The fourth-order valence-corrected chi connectivity index (χ4v) is 3.22. The average molecular weight is 313 g/mol. The first-order chi connectivity index (χ1) is 11.0. The van der Waals surface area contributed by atoms with Crippen molar-refractivity contribution in [1.82, 2.24) is 14.4 Å². The number of fused-ring (bicyclic) bond motifs is 1. The molecule has 5 heteroatoms. The summed E-state index contributed by atoms with van der Waals surface area (Å²) in [5, 5.41) is 1.00. The van der Waals surface area contributed by atoms with E-state index in [0.717, 1.165) is 16.5 Å². The highest BCUT2D eigenvalue weighted by atomic mass is 16.2. The van der Waals surface area contributed by atoms with E-state index < -0.39 is 0 Å². The van der Waals surface area contributed by atoms with Crippen LogP contribution in [-0.2, 0) is 4.79 Å². The fraction of sp³-hybridized carbons (Fsp3) is 0.444. The van der Waals surface area contributed by atoms with Gasteiger partial charge in [-0.3, -0.25) is 9.59 Å². The van der Waals surface area contributed by atoms with Crippen LogP contribution in [0.4, 0.5) is 0 Å². The molecule has 1 aromatic carbocycles. The summed E-state index contributed by atoms with van der Waals surface area (Å²) in [5.41, 5.74) is 1.84. The van der Waals surface area contributed by atoms with Crippen LogP contribution < -0.4 is 0 Å². The molecule has 5 nitrogen and oxygen atoms in total. The first-order valence-corrected chi connectivity index (χ1v) is 8.13. The monoisotopic (exact) mass is 313 g/mol. The van der Waals surface area contributed by atoms with Crippen molar-refractivity contribution in [3.8, 4) is 0 Å². The third kappa shape index (κ3) is 2.83. The molecule has 0 atom stereocenters. The molecule has 122 valence electrons. The van der Waals surface area contributed by atoms with Crippen molar-refractivity contribution in [2.75, 3.05) is 26.2 Å². The number of rotatable bonds is 2. The Morgan fingerprint density at radius 2 is 1.65 bits per heavy atom. The van der Waals surface area contributed by atoms with Crippen LogP contribution >= 0.6 is 0 Å². The second-order valence-electron chi connectivity index (χ2n) is 6.35. The number of carbonyl (C=O) groups excluding carboxylic acids is 2. The molecule has 23 heavy (non-hydrogen) atoms. The highest BCUT2D eigenvalue weighted by molar-refractivity contribution is 6.06. The van der Waals surface area contributed by atoms with E-state index in [1.165, 1.54) is 0 Å². The van der Waals surface area contributed by atoms with Gasteiger partial charge in [0, 0.05) is 61.8 Å². The zero-order valence-corrected chi connectivity index (χ0v) is 14.0. The number of hydrogen-bond acceptors (Lipinski definition) is 2. The number of amides is 2. The summed E-state index contributed by atoms with van der Waals surface area (Å²) in [7, 11) is 0. The number of carbonyl (C=O) groups is 2. The predicted octanol–water partition coefficient (Wildman–Crippen LogP) is 2.53. The van der Waals surface area contributed by atoms with E-state index in [1.807, 2.05) is 29.3 Å². The SMILES string of the molecule is CC(=O)N1CCN(C(=O)c2cccc3c2ccn3C(C)C)CC1. The molecular formula is C18H23N3O2. The van der Waals surface area contributed by atoms with Crippen LogP contribution in [0.5, 0.6) is 0 Å². The molecule has 1 saturated heterocycles. The zero-order chi connectivity index (χ0) is 16.6. The summed E-state index contributed by atoms with van der Waals surface area (Å²) >= 11 is 0. The molecule has 0 saturated carbocycles. The first kappa shape index (κ1) is 15.6. The molecule has 0 unspecified atom stereocenters. The average Bonchev–Trinajstić information content (AvgIpc) is 2.98. The fourth-order valence-electron chi connectivity index (χ4n) is 3.22. The van der Waals surface area contributed by atoms with Gasteiger partial charge in [-0.25, -0.2) is 0 Å².